The van der Waals surface area contributed by atoms with Crippen molar-refractivity contribution < 1.29 is 4.79 Å². The first-order chi connectivity index (χ1) is 8.56. The molecule has 1 atom stereocenters. The number of hydrogen-bond acceptors (Lipinski definition) is 2. The molecular weight excluding hydrogens is 224 g/mol. The number of rotatable bonds is 4. The Morgan fingerprint density at radius 3 is 2.56 bits per heavy atom. The Labute approximate surface area is 109 Å². The molecule has 1 aliphatic rings. The second-order valence-corrected chi connectivity index (χ2v) is 5.44. The molecule has 18 heavy (non-hydrogen) atoms. The summed E-state index contributed by atoms with van der Waals surface area (Å²) in [6.07, 6.45) is 2.07. The molecule has 0 bridgehead atoms. The van der Waals surface area contributed by atoms with E-state index in [-0.39, 0.29) is 17.4 Å². The van der Waals surface area contributed by atoms with Gasteiger partial charge in [0.15, 0.2) is 0 Å². The molecule has 1 aromatic carbocycles. The molecule has 2 rings (SSSR count). The van der Waals surface area contributed by atoms with Gasteiger partial charge >= 0.3 is 0 Å². The van der Waals surface area contributed by atoms with Crippen LogP contribution in [0.3, 0.4) is 0 Å². The first kappa shape index (κ1) is 13.1. The molecular formula is C15H22N2O. The Bertz CT molecular complexity index is 410. The second-order valence-electron chi connectivity index (χ2n) is 5.44. The van der Waals surface area contributed by atoms with Gasteiger partial charge in [0, 0.05) is 13.1 Å². The van der Waals surface area contributed by atoms with Crippen LogP contribution >= 0.6 is 0 Å². The van der Waals surface area contributed by atoms with Gasteiger partial charge in [-0.3, -0.25) is 4.79 Å². The standard InChI is InChI=1S/C15H22N2O/c1-3-9-15(16)10-17(11-15)14(18)12(2)13-7-5-4-6-8-13/h4-8,12H,3,9-11,16H2,1-2H3. The maximum atomic E-state index is 12.3. The van der Waals surface area contributed by atoms with Gasteiger partial charge < -0.3 is 10.6 Å². The summed E-state index contributed by atoms with van der Waals surface area (Å²) < 4.78 is 0. The Balaban J connectivity index is 1.94. The smallest absolute Gasteiger partial charge is 0.229 e. The molecule has 1 aromatic rings. The van der Waals surface area contributed by atoms with Gasteiger partial charge in [-0.25, -0.2) is 0 Å². The molecule has 1 heterocycles. The molecule has 3 nitrogen and oxygen atoms in total. The molecule has 1 amide bonds. The fourth-order valence-corrected chi connectivity index (χ4v) is 2.68. The van der Waals surface area contributed by atoms with Gasteiger partial charge in [-0.05, 0) is 18.9 Å². The Morgan fingerprint density at radius 1 is 1.39 bits per heavy atom. The fourth-order valence-electron chi connectivity index (χ4n) is 2.68. The first-order valence-corrected chi connectivity index (χ1v) is 6.68. The lowest BCUT2D eigenvalue weighted by molar-refractivity contribution is -0.140. The van der Waals surface area contributed by atoms with Crippen LogP contribution in [0.25, 0.3) is 0 Å². The molecule has 1 unspecified atom stereocenters. The van der Waals surface area contributed by atoms with Crippen molar-refractivity contribution >= 4 is 5.91 Å². The summed E-state index contributed by atoms with van der Waals surface area (Å²) in [5.74, 6) is 0.121. The van der Waals surface area contributed by atoms with Gasteiger partial charge in [0.2, 0.25) is 5.91 Å². The van der Waals surface area contributed by atoms with E-state index in [0.29, 0.717) is 13.1 Å². The number of benzene rings is 1. The van der Waals surface area contributed by atoms with Crippen molar-refractivity contribution in [3.05, 3.63) is 35.9 Å². The van der Waals surface area contributed by atoms with Gasteiger partial charge in [0.05, 0.1) is 11.5 Å². The third kappa shape index (κ3) is 2.56. The van der Waals surface area contributed by atoms with Crippen LogP contribution in [-0.4, -0.2) is 29.4 Å². The third-order valence-electron chi connectivity index (χ3n) is 3.74. The fraction of sp³-hybridized carbons (Fsp3) is 0.533. The molecule has 0 aliphatic carbocycles. The van der Waals surface area contributed by atoms with Crippen LogP contribution in [0.1, 0.15) is 38.2 Å². The SMILES string of the molecule is CCCC1(N)CN(C(=O)C(C)c2ccccc2)C1. The number of carbonyl (C=O) groups excluding carboxylic acids is 1. The van der Waals surface area contributed by atoms with Gasteiger partial charge in [-0.2, -0.15) is 0 Å². The lowest BCUT2D eigenvalue weighted by atomic mass is 9.85. The van der Waals surface area contributed by atoms with E-state index in [1.54, 1.807) is 0 Å². The quantitative estimate of drug-likeness (QED) is 0.884. The van der Waals surface area contributed by atoms with E-state index in [9.17, 15) is 4.79 Å². The Morgan fingerprint density at radius 2 is 2.00 bits per heavy atom. The van der Waals surface area contributed by atoms with Crippen molar-refractivity contribution in [2.24, 2.45) is 5.73 Å². The predicted octanol–water partition coefficient (Wildman–Crippen LogP) is 2.13. The third-order valence-corrected chi connectivity index (χ3v) is 3.74. The topological polar surface area (TPSA) is 46.3 Å². The molecule has 0 spiro atoms. The highest BCUT2D eigenvalue weighted by molar-refractivity contribution is 5.84. The van der Waals surface area contributed by atoms with E-state index in [0.717, 1.165) is 18.4 Å². The molecule has 3 heteroatoms. The average molecular weight is 246 g/mol. The molecule has 0 aromatic heterocycles. The molecule has 0 radical (unpaired) electrons. The number of carbonyl (C=O) groups is 1. The van der Waals surface area contributed by atoms with E-state index < -0.39 is 0 Å². The summed E-state index contributed by atoms with van der Waals surface area (Å²) in [4.78, 5) is 14.2. The molecule has 1 fully saturated rings. The van der Waals surface area contributed by atoms with Crippen LogP contribution in [0.2, 0.25) is 0 Å². The van der Waals surface area contributed by atoms with Gasteiger partial charge in [-0.1, -0.05) is 43.7 Å². The Kier molecular flexibility index (Phi) is 3.71. The highest BCUT2D eigenvalue weighted by Crippen LogP contribution is 2.27. The number of nitrogens with two attached hydrogens (primary N) is 1. The van der Waals surface area contributed by atoms with Crippen LogP contribution in [0.4, 0.5) is 0 Å². The number of nitrogens with zero attached hydrogens (tertiary/aromatic N) is 1. The summed E-state index contributed by atoms with van der Waals surface area (Å²) >= 11 is 0. The average Bonchev–Trinajstić information content (AvgIpc) is 2.35. The van der Waals surface area contributed by atoms with Crippen molar-refractivity contribution in [3.8, 4) is 0 Å². The van der Waals surface area contributed by atoms with Crippen LogP contribution in [0, 0.1) is 0 Å². The van der Waals surface area contributed by atoms with Crippen LogP contribution in [-0.2, 0) is 4.79 Å². The highest BCUT2D eigenvalue weighted by atomic mass is 16.2. The number of likely N-dealkylation sites (tertiary alicyclic amines) is 1. The van der Waals surface area contributed by atoms with E-state index in [2.05, 4.69) is 6.92 Å². The molecule has 98 valence electrons. The van der Waals surface area contributed by atoms with E-state index >= 15 is 0 Å². The maximum Gasteiger partial charge on any atom is 0.229 e. The van der Waals surface area contributed by atoms with Crippen LogP contribution in [0.5, 0.6) is 0 Å². The molecule has 1 aliphatic heterocycles. The van der Waals surface area contributed by atoms with Crippen molar-refractivity contribution in [3.63, 3.8) is 0 Å². The lowest BCUT2D eigenvalue weighted by Gasteiger charge is -2.48. The minimum absolute atomic E-state index is 0.0719. The predicted molar refractivity (Wildman–Crippen MR) is 73.3 cm³/mol. The largest absolute Gasteiger partial charge is 0.338 e. The molecule has 2 N–H and O–H groups in total. The second kappa shape index (κ2) is 5.11. The lowest BCUT2D eigenvalue weighted by Crippen LogP contribution is -2.68. The zero-order valence-corrected chi connectivity index (χ0v) is 11.2. The maximum absolute atomic E-state index is 12.3. The van der Waals surface area contributed by atoms with Crippen molar-refractivity contribution in [2.45, 2.75) is 38.1 Å². The summed E-state index contributed by atoms with van der Waals surface area (Å²) in [6.45, 7) is 5.51. The number of hydrogen-bond donors (Lipinski definition) is 1. The van der Waals surface area contributed by atoms with Gasteiger partial charge in [0.25, 0.3) is 0 Å². The minimum Gasteiger partial charge on any atom is -0.338 e. The van der Waals surface area contributed by atoms with Crippen molar-refractivity contribution in [1.29, 1.82) is 0 Å². The normalized spacial score (nSPS) is 19.2. The van der Waals surface area contributed by atoms with Gasteiger partial charge in [0.1, 0.15) is 0 Å². The summed E-state index contributed by atoms with van der Waals surface area (Å²) in [7, 11) is 0. The van der Waals surface area contributed by atoms with Crippen molar-refractivity contribution in [2.75, 3.05) is 13.1 Å². The van der Waals surface area contributed by atoms with E-state index in [1.807, 2.05) is 42.2 Å². The number of amides is 1. The minimum atomic E-state index is -0.138. The van der Waals surface area contributed by atoms with Crippen LogP contribution < -0.4 is 5.73 Å². The highest BCUT2D eigenvalue weighted by Gasteiger charge is 2.42. The van der Waals surface area contributed by atoms with Crippen LogP contribution in [0.15, 0.2) is 30.3 Å². The van der Waals surface area contributed by atoms with E-state index in [4.69, 9.17) is 5.73 Å². The van der Waals surface area contributed by atoms with E-state index in [1.165, 1.54) is 0 Å². The Hall–Kier alpha value is -1.35. The summed E-state index contributed by atoms with van der Waals surface area (Å²) in [5, 5.41) is 0. The summed E-state index contributed by atoms with van der Waals surface area (Å²) in [6, 6.07) is 9.92. The zero-order valence-electron chi connectivity index (χ0n) is 11.2. The zero-order chi connectivity index (χ0) is 13.2. The van der Waals surface area contributed by atoms with Crippen molar-refractivity contribution in [1.82, 2.24) is 4.90 Å². The first-order valence-electron chi connectivity index (χ1n) is 6.68. The van der Waals surface area contributed by atoms with Gasteiger partial charge in [-0.15, -0.1) is 0 Å². The summed E-state index contributed by atoms with van der Waals surface area (Å²) in [5.41, 5.74) is 7.12. The monoisotopic (exact) mass is 246 g/mol. The molecule has 1 saturated heterocycles. The molecule has 0 saturated carbocycles.